The van der Waals surface area contributed by atoms with Gasteiger partial charge in [0.05, 0.1) is 12.6 Å². The number of hydrogen-bond acceptors (Lipinski definition) is 5. The Balaban J connectivity index is 1.87. The number of rotatable bonds is 5. The molecule has 1 saturated carbocycles. The summed E-state index contributed by atoms with van der Waals surface area (Å²) >= 11 is 0. The molecule has 0 bridgehead atoms. The van der Waals surface area contributed by atoms with E-state index in [1.165, 1.54) is 0 Å². The number of nitrogens with one attached hydrogen (secondary N) is 1. The van der Waals surface area contributed by atoms with Crippen molar-refractivity contribution in [3.63, 3.8) is 0 Å². The summed E-state index contributed by atoms with van der Waals surface area (Å²) in [6, 6.07) is 2.16. The molecule has 4 N–H and O–H groups in total. The third-order valence-corrected chi connectivity index (χ3v) is 4.20. The number of carbonyl (C=O) groups is 2. The first-order chi connectivity index (χ1) is 9.29. The van der Waals surface area contributed by atoms with Crippen LogP contribution in [0.3, 0.4) is 0 Å². The van der Waals surface area contributed by atoms with Gasteiger partial charge in [-0.15, -0.1) is 0 Å². The Hall–Kier alpha value is -1.65. The van der Waals surface area contributed by atoms with Crippen LogP contribution in [-0.4, -0.2) is 52.6 Å². The Morgan fingerprint density at radius 1 is 1.60 bits per heavy atom. The molecule has 0 radical (unpaired) electrons. The van der Waals surface area contributed by atoms with Gasteiger partial charge >= 0.3 is 5.97 Å². The van der Waals surface area contributed by atoms with E-state index in [0.717, 1.165) is 12.8 Å². The molecule has 1 aliphatic heterocycles. The molecule has 0 aromatic rings. The Labute approximate surface area is 117 Å². The van der Waals surface area contributed by atoms with Gasteiger partial charge in [-0.3, -0.25) is 14.5 Å². The van der Waals surface area contributed by atoms with E-state index in [-0.39, 0.29) is 24.9 Å². The lowest BCUT2D eigenvalue weighted by atomic mass is 9.98. The fourth-order valence-corrected chi connectivity index (χ4v) is 2.64. The number of carboxylic acids is 1. The van der Waals surface area contributed by atoms with E-state index in [4.69, 9.17) is 10.8 Å². The fraction of sp³-hybridized carbons (Fsp3) is 0.769. The summed E-state index contributed by atoms with van der Waals surface area (Å²) in [7, 11) is 0. The van der Waals surface area contributed by atoms with Gasteiger partial charge in [-0.1, -0.05) is 0 Å². The molecule has 0 aromatic carbocycles. The highest BCUT2D eigenvalue weighted by molar-refractivity contribution is 5.81. The number of hydrogen-bond donors (Lipinski definition) is 3. The SMILES string of the molecule is CC(C#N)(NC(=O)CN1CCC(N)(C(=O)O)C1)C1CC1. The normalized spacial score (nSPS) is 29.4. The lowest BCUT2D eigenvalue weighted by Gasteiger charge is -2.25. The van der Waals surface area contributed by atoms with Gasteiger partial charge in [-0.25, -0.2) is 0 Å². The molecule has 2 unspecified atom stereocenters. The number of nitrogens with two attached hydrogens (primary N) is 1. The van der Waals surface area contributed by atoms with Crippen molar-refractivity contribution in [1.82, 2.24) is 10.2 Å². The summed E-state index contributed by atoms with van der Waals surface area (Å²) < 4.78 is 0. The van der Waals surface area contributed by atoms with Gasteiger partial charge < -0.3 is 16.2 Å². The van der Waals surface area contributed by atoms with E-state index in [0.29, 0.717) is 13.0 Å². The molecule has 7 heteroatoms. The largest absolute Gasteiger partial charge is 0.480 e. The fourth-order valence-electron chi connectivity index (χ4n) is 2.64. The number of likely N-dealkylation sites (tertiary alicyclic amines) is 1. The minimum atomic E-state index is -1.27. The summed E-state index contributed by atoms with van der Waals surface area (Å²) in [5.74, 6) is -1.07. The molecule has 2 fully saturated rings. The van der Waals surface area contributed by atoms with Crippen LogP contribution in [0.5, 0.6) is 0 Å². The van der Waals surface area contributed by atoms with Crippen LogP contribution in [0.2, 0.25) is 0 Å². The molecule has 1 aliphatic carbocycles. The number of nitrogens with zero attached hydrogens (tertiary/aromatic N) is 2. The molecule has 2 aliphatic rings. The van der Waals surface area contributed by atoms with E-state index >= 15 is 0 Å². The highest BCUT2D eigenvalue weighted by atomic mass is 16.4. The Kier molecular flexibility index (Phi) is 3.71. The van der Waals surface area contributed by atoms with Crippen molar-refractivity contribution in [2.24, 2.45) is 11.7 Å². The molecular formula is C13H20N4O3. The van der Waals surface area contributed by atoms with Crippen LogP contribution in [-0.2, 0) is 9.59 Å². The van der Waals surface area contributed by atoms with Gasteiger partial charge in [0.15, 0.2) is 0 Å². The average molecular weight is 280 g/mol. The standard InChI is InChI=1S/C13H20N4O3/c1-12(7-14,9-2-3-9)16-10(18)6-17-5-4-13(15,8-17)11(19)20/h9H,2-6,8,15H2,1H3,(H,16,18)(H,19,20). The molecule has 110 valence electrons. The lowest BCUT2D eigenvalue weighted by Crippen LogP contribution is -2.52. The molecule has 1 saturated heterocycles. The summed E-state index contributed by atoms with van der Waals surface area (Å²) in [5.41, 5.74) is 3.67. The van der Waals surface area contributed by atoms with Crippen molar-refractivity contribution < 1.29 is 14.7 Å². The van der Waals surface area contributed by atoms with Crippen molar-refractivity contribution in [2.45, 2.75) is 37.3 Å². The van der Waals surface area contributed by atoms with Crippen molar-refractivity contribution in [3.8, 4) is 6.07 Å². The lowest BCUT2D eigenvalue weighted by molar-refractivity contribution is -0.143. The molecule has 20 heavy (non-hydrogen) atoms. The second-order valence-corrected chi connectivity index (χ2v) is 6.06. The molecule has 0 spiro atoms. The Morgan fingerprint density at radius 2 is 2.25 bits per heavy atom. The van der Waals surface area contributed by atoms with E-state index in [1.54, 1.807) is 11.8 Å². The number of carboxylic acid groups (broad SMARTS) is 1. The van der Waals surface area contributed by atoms with Gasteiger partial charge in [0.25, 0.3) is 0 Å². The Bertz CT molecular complexity index is 471. The van der Waals surface area contributed by atoms with Gasteiger partial charge in [-0.05, 0) is 32.1 Å². The van der Waals surface area contributed by atoms with Crippen molar-refractivity contribution in [2.75, 3.05) is 19.6 Å². The van der Waals surface area contributed by atoms with Crippen LogP contribution in [0.15, 0.2) is 0 Å². The minimum Gasteiger partial charge on any atom is -0.480 e. The van der Waals surface area contributed by atoms with Crippen LogP contribution in [0.25, 0.3) is 0 Å². The number of amides is 1. The number of aliphatic carboxylic acids is 1. The van der Waals surface area contributed by atoms with Crippen LogP contribution >= 0.6 is 0 Å². The number of carbonyl (C=O) groups excluding carboxylic acids is 1. The molecule has 0 aromatic heterocycles. The predicted octanol–water partition coefficient (Wildman–Crippen LogP) is -0.717. The first-order valence-corrected chi connectivity index (χ1v) is 6.76. The van der Waals surface area contributed by atoms with Crippen molar-refractivity contribution in [1.29, 1.82) is 5.26 Å². The molecule has 1 heterocycles. The first kappa shape index (κ1) is 14.8. The van der Waals surface area contributed by atoms with Crippen LogP contribution in [0.4, 0.5) is 0 Å². The van der Waals surface area contributed by atoms with E-state index < -0.39 is 17.0 Å². The van der Waals surface area contributed by atoms with Gasteiger partial charge in [-0.2, -0.15) is 5.26 Å². The van der Waals surface area contributed by atoms with Crippen molar-refractivity contribution in [3.05, 3.63) is 0 Å². The zero-order valence-corrected chi connectivity index (χ0v) is 11.6. The second-order valence-electron chi connectivity index (χ2n) is 6.06. The molecule has 2 rings (SSSR count). The van der Waals surface area contributed by atoms with E-state index in [9.17, 15) is 14.9 Å². The van der Waals surface area contributed by atoms with Gasteiger partial charge in [0, 0.05) is 13.1 Å². The topological polar surface area (TPSA) is 119 Å². The maximum Gasteiger partial charge on any atom is 0.325 e. The second kappa shape index (κ2) is 5.04. The maximum atomic E-state index is 12.0. The minimum absolute atomic E-state index is 0.0796. The zero-order chi connectivity index (χ0) is 15.0. The zero-order valence-electron chi connectivity index (χ0n) is 11.6. The van der Waals surface area contributed by atoms with Crippen LogP contribution < -0.4 is 11.1 Å². The molecule has 1 amide bonds. The third kappa shape index (κ3) is 2.92. The highest BCUT2D eigenvalue weighted by Gasteiger charge is 2.44. The quantitative estimate of drug-likeness (QED) is 0.611. The van der Waals surface area contributed by atoms with E-state index in [1.807, 2.05) is 0 Å². The average Bonchev–Trinajstić information content (AvgIpc) is 3.15. The van der Waals surface area contributed by atoms with Crippen LogP contribution in [0.1, 0.15) is 26.2 Å². The van der Waals surface area contributed by atoms with Gasteiger partial charge in [0.1, 0.15) is 11.1 Å². The van der Waals surface area contributed by atoms with E-state index in [2.05, 4.69) is 11.4 Å². The van der Waals surface area contributed by atoms with Crippen LogP contribution in [0, 0.1) is 17.2 Å². The summed E-state index contributed by atoms with van der Waals surface area (Å²) in [6.45, 7) is 2.44. The smallest absolute Gasteiger partial charge is 0.325 e. The first-order valence-electron chi connectivity index (χ1n) is 6.76. The van der Waals surface area contributed by atoms with Gasteiger partial charge in [0.2, 0.25) is 5.91 Å². The van der Waals surface area contributed by atoms with Crippen molar-refractivity contribution >= 4 is 11.9 Å². The molecule has 2 atom stereocenters. The number of nitriles is 1. The predicted molar refractivity (Wildman–Crippen MR) is 70.5 cm³/mol. The summed E-state index contributed by atoms with van der Waals surface area (Å²) in [6.07, 6.45) is 2.24. The summed E-state index contributed by atoms with van der Waals surface area (Å²) in [5, 5.41) is 21.0. The Morgan fingerprint density at radius 3 is 2.70 bits per heavy atom. The molecule has 7 nitrogen and oxygen atoms in total. The third-order valence-electron chi connectivity index (χ3n) is 4.20. The monoisotopic (exact) mass is 280 g/mol. The summed E-state index contributed by atoms with van der Waals surface area (Å²) in [4.78, 5) is 24.7. The molecular weight excluding hydrogens is 260 g/mol. The highest BCUT2D eigenvalue weighted by Crippen LogP contribution is 2.39. The maximum absolute atomic E-state index is 12.0.